The number of carbonyl (C=O) groups excluding carboxylic acids is 1. The second-order valence-electron chi connectivity index (χ2n) is 5.62. The first kappa shape index (κ1) is 16.5. The Morgan fingerprint density at radius 1 is 1.33 bits per heavy atom. The van der Waals surface area contributed by atoms with Gasteiger partial charge in [0.05, 0.1) is 11.4 Å². The van der Waals surface area contributed by atoms with Crippen LogP contribution in [-0.4, -0.2) is 40.0 Å². The monoisotopic (exact) mass is 349 g/mol. The summed E-state index contributed by atoms with van der Waals surface area (Å²) in [6.45, 7) is 3.57. The largest absolute Gasteiger partial charge is 0.319 e. The molecule has 2 rings (SSSR count). The Morgan fingerprint density at radius 2 is 1.95 bits per heavy atom. The molecule has 0 bridgehead atoms. The zero-order valence-electron chi connectivity index (χ0n) is 11.8. The highest BCUT2D eigenvalue weighted by Crippen LogP contribution is 2.39. The van der Waals surface area contributed by atoms with E-state index in [0.29, 0.717) is 11.0 Å². The van der Waals surface area contributed by atoms with Crippen molar-refractivity contribution >= 4 is 43.8 Å². The third kappa shape index (κ3) is 4.09. The summed E-state index contributed by atoms with van der Waals surface area (Å²) in [7, 11) is -0.914. The Labute approximate surface area is 129 Å². The molecule has 1 heterocycles. The Hall–Kier alpha value is -0.840. The average molecular weight is 350 g/mol. The molecule has 1 aromatic rings. The third-order valence-corrected chi connectivity index (χ3v) is 6.18. The summed E-state index contributed by atoms with van der Waals surface area (Å²) in [4.78, 5) is 13.7. The number of benzene rings is 1. The van der Waals surface area contributed by atoms with Crippen LogP contribution >= 0.6 is 17.8 Å². The maximum Gasteiger partial charge on any atom is 0.232 e. The van der Waals surface area contributed by atoms with Crippen molar-refractivity contribution in [3.05, 3.63) is 24.3 Å². The summed E-state index contributed by atoms with van der Waals surface area (Å²) in [5.41, 5.74) is 0.602. The molecule has 0 spiro atoms. The fraction of sp³-hybridized carbons (Fsp3) is 0.462. The molecule has 0 aliphatic carbocycles. The van der Waals surface area contributed by atoms with E-state index in [1.54, 1.807) is 37.6 Å². The van der Waals surface area contributed by atoms with Gasteiger partial charge in [0.1, 0.15) is 7.14 Å². The lowest BCUT2D eigenvalue weighted by Gasteiger charge is -2.22. The zero-order chi connectivity index (χ0) is 15.8. The van der Waals surface area contributed by atoms with Crippen molar-refractivity contribution in [1.29, 1.82) is 0 Å². The SMILES string of the molecule is CP(C)(=O)c1ccccc1N1CC(CS(=O)(=O)Cl)CC1=O. The molecule has 116 valence electrons. The van der Waals surface area contributed by atoms with Gasteiger partial charge in [-0.3, -0.25) is 4.79 Å². The number of amides is 1. The molecule has 5 nitrogen and oxygen atoms in total. The van der Waals surface area contributed by atoms with Gasteiger partial charge in [-0.15, -0.1) is 0 Å². The number of para-hydroxylation sites is 1. The fourth-order valence-electron chi connectivity index (χ4n) is 2.56. The maximum atomic E-state index is 12.4. The van der Waals surface area contributed by atoms with Crippen LogP contribution in [0.5, 0.6) is 0 Å². The summed E-state index contributed by atoms with van der Waals surface area (Å²) in [6.07, 6.45) is 0.137. The molecule has 1 saturated heterocycles. The lowest BCUT2D eigenvalue weighted by Crippen LogP contribution is -2.29. The van der Waals surface area contributed by atoms with E-state index in [0.717, 1.165) is 0 Å². The van der Waals surface area contributed by atoms with E-state index < -0.39 is 16.2 Å². The van der Waals surface area contributed by atoms with Crippen molar-refractivity contribution in [2.24, 2.45) is 5.92 Å². The normalized spacial score (nSPS) is 20.0. The highest BCUT2D eigenvalue weighted by Gasteiger charge is 2.35. The topological polar surface area (TPSA) is 71.5 Å². The highest BCUT2D eigenvalue weighted by molar-refractivity contribution is 8.13. The van der Waals surface area contributed by atoms with Gasteiger partial charge in [0.15, 0.2) is 0 Å². The van der Waals surface area contributed by atoms with Crippen LogP contribution in [0.15, 0.2) is 24.3 Å². The zero-order valence-corrected chi connectivity index (χ0v) is 14.3. The van der Waals surface area contributed by atoms with Crippen LogP contribution in [0, 0.1) is 5.92 Å². The molecule has 1 fully saturated rings. The quantitative estimate of drug-likeness (QED) is 0.614. The summed E-state index contributed by atoms with van der Waals surface area (Å²) < 4.78 is 34.7. The first-order valence-electron chi connectivity index (χ1n) is 6.45. The lowest BCUT2D eigenvalue weighted by atomic mass is 10.1. The smallest absolute Gasteiger partial charge is 0.232 e. The molecule has 0 aromatic heterocycles. The van der Waals surface area contributed by atoms with Gasteiger partial charge in [0, 0.05) is 34.9 Å². The van der Waals surface area contributed by atoms with Gasteiger partial charge in [-0.1, -0.05) is 12.1 Å². The Morgan fingerprint density at radius 3 is 2.52 bits per heavy atom. The average Bonchev–Trinajstić information content (AvgIpc) is 2.66. The minimum Gasteiger partial charge on any atom is -0.319 e. The summed E-state index contributed by atoms with van der Waals surface area (Å²) in [5, 5.41) is 0.632. The Bertz CT molecular complexity index is 713. The highest BCUT2D eigenvalue weighted by atomic mass is 35.7. The van der Waals surface area contributed by atoms with Gasteiger partial charge in [-0.25, -0.2) is 8.42 Å². The van der Waals surface area contributed by atoms with Crippen molar-refractivity contribution in [2.45, 2.75) is 6.42 Å². The van der Waals surface area contributed by atoms with Gasteiger partial charge >= 0.3 is 0 Å². The van der Waals surface area contributed by atoms with E-state index >= 15 is 0 Å². The molecular formula is C13H17ClNO4PS. The maximum absolute atomic E-state index is 12.4. The predicted molar refractivity (Wildman–Crippen MR) is 85.6 cm³/mol. The van der Waals surface area contributed by atoms with Crippen LogP contribution in [0.4, 0.5) is 5.69 Å². The van der Waals surface area contributed by atoms with Gasteiger partial charge in [0.25, 0.3) is 0 Å². The van der Waals surface area contributed by atoms with E-state index in [1.807, 2.05) is 0 Å². The van der Waals surface area contributed by atoms with Crippen molar-refractivity contribution in [3.8, 4) is 0 Å². The Balaban J connectivity index is 2.32. The van der Waals surface area contributed by atoms with Crippen LogP contribution in [0.3, 0.4) is 0 Å². The van der Waals surface area contributed by atoms with Gasteiger partial charge in [-0.05, 0) is 25.5 Å². The molecule has 21 heavy (non-hydrogen) atoms. The molecular weight excluding hydrogens is 333 g/mol. The molecule has 0 saturated carbocycles. The number of carbonyl (C=O) groups is 1. The first-order valence-corrected chi connectivity index (χ1v) is 11.5. The van der Waals surface area contributed by atoms with Crippen molar-refractivity contribution in [3.63, 3.8) is 0 Å². The number of anilines is 1. The van der Waals surface area contributed by atoms with E-state index in [1.165, 1.54) is 4.90 Å². The van der Waals surface area contributed by atoms with Crippen molar-refractivity contribution in [1.82, 2.24) is 0 Å². The molecule has 1 aromatic carbocycles. The number of nitrogens with zero attached hydrogens (tertiary/aromatic N) is 1. The van der Waals surface area contributed by atoms with E-state index in [4.69, 9.17) is 10.7 Å². The van der Waals surface area contributed by atoms with Gasteiger partial charge in [0.2, 0.25) is 15.0 Å². The molecule has 0 radical (unpaired) electrons. The lowest BCUT2D eigenvalue weighted by molar-refractivity contribution is -0.117. The van der Waals surface area contributed by atoms with E-state index in [9.17, 15) is 17.8 Å². The van der Waals surface area contributed by atoms with E-state index in [2.05, 4.69) is 0 Å². The number of rotatable bonds is 4. The minimum absolute atomic E-state index is 0.137. The molecule has 0 N–H and O–H groups in total. The van der Waals surface area contributed by atoms with Crippen molar-refractivity contribution < 1.29 is 17.8 Å². The molecule has 8 heteroatoms. The number of halogens is 1. The predicted octanol–water partition coefficient (Wildman–Crippen LogP) is 1.86. The summed E-state index contributed by atoms with van der Waals surface area (Å²) >= 11 is 0. The molecule has 1 amide bonds. The van der Waals surface area contributed by atoms with E-state index in [-0.39, 0.29) is 30.5 Å². The molecule has 1 atom stereocenters. The van der Waals surface area contributed by atoms with Crippen LogP contribution in [0.25, 0.3) is 0 Å². The molecule has 1 aliphatic heterocycles. The van der Waals surface area contributed by atoms with Crippen LogP contribution in [0.1, 0.15) is 6.42 Å². The van der Waals surface area contributed by atoms with Crippen LogP contribution in [0.2, 0.25) is 0 Å². The first-order chi connectivity index (χ1) is 9.58. The molecule has 1 aliphatic rings. The Kier molecular flexibility index (Phi) is 4.52. The second kappa shape index (κ2) is 5.75. The fourth-order valence-corrected chi connectivity index (χ4v) is 5.07. The van der Waals surface area contributed by atoms with Crippen LogP contribution < -0.4 is 10.2 Å². The second-order valence-corrected chi connectivity index (χ2v) is 11.6. The summed E-state index contributed by atoms with van der Waals surface area (Å²) in [6, 6.07) is 7.03. The van der Waals surface area contributed by atoms with Crippen molar-refractivity contribution in [2.75, 3.05) is 30.5 Å². The molecule has 1 unspecified atom stereocenters. The van der Waals surface area contributed by atoms with Crippen LogP contribution in [-0.2, 0) is 18.4 Å². The summed E-state index contributed by atoms with van der Waals surface area (Å²) in [5.74, 6) is -0.725. The van der Waals surface area contributed by atoms with Gasteiger partial charge < -0.3 is 9.46 Å². The van der Waals surface area contributed by atoms with Gasteiger partial charge in [-0.2, -0.15) is 0 Å². The third-order valence-electron chi connectivity index (χ3n) is 3.39. The minimum atomic E-state index is -3.64. The standard InChI is InChI=1S/C13H17ClNO4PS/c1-20(2,17)12-6-4-3-5-11(12)15-8-10(7-13(15)16)9-21(14,18)19/h3-6,10H,7-9H2,1-2H3. The number of hydrogen-bond acceptors (Lipinski definition) is 4. The number of hydrogen-bond donors (Lipinski definition) is 0.